The van der Waals surface area contributed by atoms with Crippen LogP contribution in [0.3, 0.4) is 0 Å². The van der Waals surface area contributed by atoms with Crippen LogP contribution in [0.15, 0.2) is 0 Å². The summed E-state index contributed by atoms with van der Waals surface area (Å²) in [5.41, 5.74) is 7.50. The summed E-state index contributed by atoms with van der Waals surface area (Å²) < 4.78 is 4.95. The van der Waals surface area contributed by atoms with Crippen LogP contribution in [-0.4, -0.2) is 48.3 Å². The highest BCUT2D eigenvalue weighted by Crippen LogP contribution is 2.22. The summed E-state index contributed by atoms with van der Waals surface area (Å²) in [7, 11) is 3.38. The van der Waals surface area contributed by atoms with Crippen LogP contribution in [0.5, 0.6) is 0 Å². The van der Waals surface area contributed by atoms with Crippen molar-refractivity contribution in [2.24, 2.45) is 0 Å². The molecule has 0 atom stereocenters. The Balaban J connectivity index is 2.72. The lowest BCUT2D eigenvalue weighted by molar-refractivity contribution is 0.0774. The van der Waals surface area contributed by atoms with E-state index in [1.807, 2.05) is 13.8 Å². The number of rotatable bonds is 6. The Morgan fingerprint density at radius 2 is 2.22 bits per heavy atom. The Morgan fingerprint density at radius 1 is 1.56 bits per heavy atom. The molecule has 0 aliphatic carbocycles. The fraction of sp³-hybridized carbons (Fsp3) is 0.667. The Kier molecular flexibility index (Phi) is 5.15. The molecule has 102 valence electrons. The zero-order valence-corrected chi connectivity index (χ0v) is 11.5. The van der Waals surface area contributed by atoms with Gasteiger partial charge in [0.2, 0.25) is 0 Å². The van der Waals surface area contributed by atoms with Gasteiger partial charge in [0.25, 0.3) is 5.91 Å². The fourth-order valence-corrected chi connectivity index (χ4v) is 1.70. The average molecular weight is 254 g/mol. The normalized spacial score (nSPS) is 10.9. The van der Waals surface area contributed by atoms with Crippen LogP contribution in [-0.2, 0) is 4.74 Å². The zero-order chi connectivity index (χ0) is 13.7. The van der Waals surface area contributed by atoms with Gasteiger partial charge in [-0.1, -0.05) is 13.8 Å². The first-order chi connectivity index (χ1) is 8.49. The smallest absolute Gasteiger partial charge is 0.276 e. The highest BCUT2D eigenvalue weighted by molar-refractivity contribution is 5.97. The van der Waals surface area contributed by atoms with E-state index in [0.29, 0.717) is 24.5 Å². The molecule has 0 saturated heterocycles. The first-order valence-corrected chi connectivity index (χ1v) is 6.07. The number of hydrogen-bond acceptors (Lipinski definition) is 4. The molecule has 0 aliphatic heterocycles. The third-order valence-electron chi connectivity index (χ3n) is 2.80. The van der Waals surface area contributed by atoms with Crippen molar-refractivity contribution in [3.8, 4) is 0 Å². The van der Waals surface area contributed by atoms with Crippen LogP contribution in [0.4, 0.5) is 5.69 Å². The van der Waals surface area contributed by atoms with Crippen molar-refractivity contribution in [2.45, 2.75) is 26.2 Å². The highest BCUT2D eigenvalue weighted by atomic mass is 16.5. The standard InChI is InChI=1S/C12H22N4O2/c1-8(2)10-9(13)11(15-14-10)12(17)16(3)6-5-7-18-4/h8H,5-7,13H2,1-4H3,(H,14,15). The van der Waals surface area contributed by atoms with E-state index in [1.165, 1.54) is 0 Å². The SMILES string of the molecule is COCCCN(C)C(=O)c1n[nH]c(C(C)C)c1N. The molecule has 1 aromatic rings. The minimum absolute atomic E-state index is 0.160. The number of ether oxygens (including phenoxy) is 1. The lowest BCUT2D eigenvalue weighted by Crippen LogP contribution is -2.29. The van der Waals surface area contributed by atoms with Crippen molar-refractivity contribution in [3.05, 3.63) is 11.4 Å². The van der Waals surface area contributed by atoms with E-state index >= 15 is 0 Å². The van der Waals surface area contributed by atoms with Crippen molar-refractivity contribution in [1.82, 2.24) is 15.1 Å². The molecule has 0 bridgehead atoms. The van der Waals surface area contributed by atoms with Crippen molar-refractivity contribution in [3.63, 3.8) is 0 Å². The summed E-state index contributed by atoms with van der Waals surface area (Å²) in [6, 6.07) is 0. The maximum Gasteiger partial charge on any atom is 0.276 e. The summed E-state index contributed by atoms with van der Waals surface area (Å²) >= 11 is 0. The molecule has 1 heterocycles. The number of H-pyrrole nitrogens is 1. The molecule has 0 radical (unpaired) electrons. The van der Waals surface area contributed by atoms with Crippen LogP contribution >= 0.6 is 0 Å². The second-order valence-electron chi connectivity index (χ2n) is 4.63. The van der Waals surface area contributed by atoms with Crippen LogP contribution < -0.4 is 5.73 Å². The maximum absolute atomic E-state index is 12.1. The van der Waals surface area contributed by atoms with Gasteiger partial charge in [-0.25, -0.2) is 0 Å². The number of amides is 1. The minimum Gasteiger partial charge on any atom is -0.395 e. The number of carbonyl (C=O) groups excluding carboxylic acids is 1. The first-order valence-electron chi connectivity index (χ1n) is 6.07. The summed E-state index contributed by atoms with van der Waals surface area (Å²) in [6.45, 7) is 5.25. The summed E-state index contributed by atoms with van der Waals surface area (Å²) in [4.78, 5) is 13.7. The van der Waals surface area contributed by atoms with Crippen molar-refractivity contribution in [2.75, 3.05) is 33.0 Å². The number of hydrogen-bond donors (Lipinski definition) is 2. The van der Waals surface area contributed by atoms with Gasteiger partial charge in [0.1, 0.15) is 0 Å². The predicted octanol–water partition coefficient (Wildman–Crippen LogP) is 1.22. The Morgan fingerprint density at radius 3 is 2.72 bits per heavy atom. The molecule has 1 amide bonds. The number of methoxy groups -OCH3 is 1. The number of carbonyl (C=O) groups is 1. The zero-order valence-electron chi connectivity index (χ0n) is 11.5. The molecular formula is C12H22N4O2. The predicted molar refractivity (Wildman–Crippen MR) is 70.5 cm³/mol. The van der Waals surface area contributed by atoms with E-state index < -0.39 is 0 Å². The van der Waals surface area contributed by atoms with E-state index in [4.69, 9.17) is 10.5 Å². The topological polar surface area (TPSA) is 84.2 Å². The second kappa shape index (κ2) is 6.39. The van der Waals surface area contributed by atoms with Crippen LogP contribution in [0, 0.1) is 0 Å². The fourth-order valence-electron chi connectivity index (χ4n) is 1.70. The van der Waals surface area contributed by atoms with Gasteiger partial charge in [-0.15, -0.1) is 0 Å². The molecule has 3 N–H and O–H groups in total. The third-order valence-corrected chi connectivity index (χ3v) is 2.80. The van der Waals surface area contributed by atoms with Gasteiger partial charge in [0.05, 0.1) is 11.4 Å². The van der Waals surface area contributed by atoms with Crippen molar-refractivity contribution < 1.29 is 9.53 Å². The van der Waals surface area contributed by atoms with E-state index in [0.717, 1.165) is 12.1 Å². The molecule has 0 fully saturated rings. The van der Waals surface area contributed by atoms with Gasteiger partial charge in [-0.2, -0.15) is 5.10 Å². The number of aromatic amines is 1. The lowest BCUT2D eigenvalue weighted by atomic mass is 10.1. The van der Waals surface area contributed by atoms with Crippen molar-refractivity contribution >= 4 is 11.6 Å². The van der Waals surface area contributed by atoms with E-state index in [9.17, 15) is 4.79 Å². The highest BCUT2D eigenvalue weighted by Gasteiger charge is 2.21. The third kappa shape index (κ3) is 3.22. The van der Waals surface area contributed by atoms with Crippen LogP contribution in [0.2, 0.25) is 0 Å². The Labute approximate surface area is 107 Å². The first kappa shape index (κ1) is 14.5. The monoisotopic (exact) mass is 254 g/mol. The van der Waals surface area contributed by atoms with Gasteiger partial charge >= 0.3 is 0 Å². The largest absolute Gasteiger partial charge is 0.395 e. The number of nitrogens with zero attached hydrogens (tertiary/aromatic N) is 2. The molecule has 6 heteroatoms. The summed E-state index contributed by atoms with van der Waals surface area (Å²) in [5.74, 6) is 0.0598. The van der Waals surface area contributed by atoms with Crippen LogP contribution in [0.25, 0.3) is 0 Å². The lowest BCUT2D eigenvalue weighted by Gasteiger charge is -2.15. The quantitative estimate of drug-likeness (QED) is 0.748. The molecule has 1 rings (SSSR count). The number of anilines is 1. The van der Waals surface area contributed by atoms with Crippen molar-refractivity contribution in [1.29, 1.82) is 0 Å². The number of nitrogens with two attached hydrogens (primary N) is 1. The summed E-state index contributed by atoms with van der Waals surface area (Å²) in [5, 5.41) is 6.84. The second-order valence-corrected chi connectivity index (χ2v) is 4.63. The molecule has 0 aliphatic rings. The van der Waals surface area contributed by atoms with Crippen LogP contribution in [0.1, 0.15) is 42.4 Å². The van der Waals surface area contributed by atoms with Gasteiger partial charge in [-0.3, -0.25) is 9.89 Å². The molecule has 6 nitrogen and oxygen atoms in total. The van der Waals surface area contributed by atoms with Gasteiger partial charge in [-0.05, 0) is 12.3 Å². The van der Waals surface area contributed by atoms with Gasteiger partial charge < -0.3 is 15.4 Å². The molecule has 0 saturated carbocycles. The Hall–Kier alpha value is -1.56. The maximum atomic E-state index is 12.1. The number of nitrogen functional groups attached to an aromatic ring is 1. The minimum atomic E-state index is -0.160. The average Bonchev–Trinajstić information content (AvgIpc) is 2.70. The van der Waals surface area contributed by atoms with E-state index in [-0.39, 0.29) is 11.8 Å². The Bertz CT molecular complexity index is 401. The molecule has 18 heavy (non-hydrogen) atoms. The van der Waals surface area contributed by atoms with Gasteiger partial charge in [0, 0.05) is 27.3 Å². The molecule has 0 aromatic carbocycles. The molecular weight excluding hydrogens is 232 g/mol. The molecule has 0 spiro atoms. The number of aromatic nitrogens is 2. The summed E-state index contributed by atoms with van der Waals surface area (Å²) in [6.07, 6.45) is 0.792. The van der Waals surface area contributed by atoms with E-state index in [1.54, 1.807) is 19.1 Å². The molecule has 1 aromatic heterocycles. The molecule has 0 unspecified atom stereocenters. The van der Waals surface area contributed by atoms with Gasteiger partial charge in [0.15, 0.2) is 5.69 Å². The van der Waals surface area contributed by atoms with E-state index in [2.05, 4.69) is 10.2 Å². The number of nitrogens with one attached hydrogen (secondary N) is 1.